The van der Waals surface area contributed by atoms with E-state index < -0.39 is 23.5 Å². The van der Waals surface area contributed by atoms with Gasteiger partial charge in [-0.15, -0.1) is 0 Å². The monoisotopic (exact) mass is 342 g/mol. The molecule has 0 fully saturated rings. The lowest BCUT2D eigenvalue weighted by atomic mass is 9.85. The fraction of sp³-hybridized carbons (Fsp3) is 0.263. The lowest BCUT2D eigenvalue weighted by Gasteiger charge is -2.27. The Morgan fingerprint density at radius 3 is 2.16 bits per heavy atom. The van der Waals surface area contributed by atoms with Gasteiger partial charge in [0.15, 0.2) is 5.60 Å². The van der Waals surface area contributed by atoms with E-state index in [9.17, 15) is 14.7 Å². The fourth-order valence-electron chi connectivity index (χ4n) is 2.41. The van der Waals surface area contributed by atoms with E-state index in [1.54, 1.807) is 56.3 Å². The molecule has 0 radical (unpaired) electrons. The average molecular weight is 342 g/mol. The molecule has 0 saturated heterocycles. The van der Waals surface area contributed by atoms with Crippen LogP contribution >= 0.6 is 0 Å². The first-order chi connectivity index (χ1) is 11.8. The molecule has 2 aromatic rings. The average Bonchev–Trinajstić information content (AvgIpc) is 2.61. The van der Waals surface area contributed by atoms with Crippen molar-refractivity contribution in [3.8, 4) is 5.75 Å². The highest BCUT2D eigenvalue weighted by Gasteiger charge is 2.41. The maximum absolute atomic E-state index is 12.2. The van der Waals surface area contributed by atoms with Crippen LogP contribution in [0, 0.1) is 5.92 Å². The van der Waals surface area contributed by atoms with E-state index in [4.69, 9.17) is 16.2 Å². The van der Waals surface area contributed by atoms with Gasteiger partial charge in [-0.2, -0.15) is 0 Å². The van der Waals surface area contributed by atoms with Crippen LogP contribution in [0.2, 0.25) is 0 Å². The Kier molecular flexibility index (Phi) is 5.56. The molecule has 0 aliphatic carbocycles. The Bertz CT molecular complexity index is 761. The maximum Gasteiger partial charge on any atom is 0.328 e. The number of rotatable bonds is 6. The molecule has 1 amide bonds. The highest BCUT2D eigenvalue weighted by atomic mass is 16.5. The van der Waals surface area contributed by atoms with Crippen molar-refractivity contribution in [1.29, 1.82) is 0 Å². The molecule has 0 heterocycles. The van der Waals surface area contributed by atoms with E-state index in [0.717, 1.165) is 0 Å². The van der Waals surface area contributed by atoms with Crippen LogP contribution in [0.5, 0.6) is 5.75 Å². The van der Waals surface area contributed by atoms with Crippen LogP contribution in [0.1, 0.15) is 25.0 Å². The number of hydrogen-bond acceptors (Lipinski definition) is 5. The molecule has 0 spiro atoms. The van der Waals surface area contributed by atoms with Gasteiger partial charge in [-0.3, -0.25) is 4.79 Å². The summed E-state index contributed by atoms with van der Waals surface area (Å²) in [4.78, 5) is 24.3. The van der Waals surface area contributed by atoms with Crippen LogP contribution in [0.25, 0.3) is 0 Å². The third-order valence-electron chi connectivity index (χ3n) is 4.03. The van der Waals surface area contributed by atoms with Gasteiger partial charge in [0.25, 0.3) is 5.91 Å². The zero-order valence-corrected chi connectivity index (χ0v) is 14.2. The molecule has 1 unspecified atom stereocenters. The third kappa shape index (κ3) is 3.70. The Morgan fingerprint density at radius 1 is 1.04 bits per heavy atom. The van der Waals surface area contributed by atoms with Gasteiger partial charge in [-0.05, 0) is 17.5 Å². The summed E-state index contributed by atoms with van der Waals surface area (Å²) in [6, 6.07) is 13.6. The number of primary amides is 1. The van der Waals surface area contributed by atoms with Crippen molar-refractivity contribution in [1.82, 2.24) is 0 Å². The Morgan fingerprint density at radius 2 is 1.60 bits per heavy atom. The number of para-hydroxylation sites is 1. The van der Waals surface area contributed by atoms with E-state index in [2.05, 4.69) is 0 Å². The topological polar surface area (TPSA) is 116 Å². The van der Waals surface area contributed by atoms with Gasteiger partial charge in [-0.1, -0.05) is 62.4 Å². The second-order valence-corrected chi connectivity index (χ2v) is 6.13. The summed E-state index contributed by atoms with van der Waals surface area (Å²) in [7, 11) is 0. The number of nitrogens with two attached hydrogens (primary N) is 2. The van der Waals surface area contributed by atoms with E-state index in [0.29, 0.717) is 0 Å². The molecule has 0 aliphatic heterocycles. The smallest absolute Gasteiger partial charge is 0.328 e. The van der Waals surface area contributed by atoms with Gasteiger partial charge in [-0.25, -0.2) is 4.79 Å². The van der Waals surface area contributed by atoms with E-state index >= 15 is 0 Å². The summed E-state index contributed by atoms with van der Waals surface area (Å²) in [6.45, 7) is 3.59. The summed E-state index contributed by atoms with van der Waals surface area (Å²) in [5, 5.41) is 11.1. The molecule has 0 aliphatic rings. The predicted octanol–water partition coefficient (Wildman–Crippen LogP) is 1.30. The van der Waals surface area contributed by atoms with Crippen LogP contribution in [-0.2, 0) is 15.2 Å². The Hall–Kier alpha value is -2.70. The summed E-state index contributed by atoms with van der Waals surface area (Å²) in [5.74, 6) is -1.71. The molecule has 0 bridgehead atoms. The Labute approximate surface area is 146 Å². The minimum Gasteiger partial charge on any atom is -0.425 e. The van der Waals surface area contributed by atoms with Crippen molar-refractivity contribution in [3.63, 3.8) is 0 Å². The molecule has 5 N–H and O–H groups in total. The van der Waals surface area contributed by atoms with Crippen LogP contribution in [-0.4, -0.2) is 23.0 Å². The van der Waals surface area contributed by atoms with Gasteiger partial charge in [0.2, 0.25) is 0 Å². The molecule has 2 rings (SSSR count). The summed E-state index contributed by atoms with van der Waals surface area (Å²) in [5.41, 5.74) is 9.52. The van der Waals surface area contributed by atoms with Crippen LogP contribution in [0.4, 0.5) is 0 Å². The number of aliphatic hydroxyl groups is 1. The summed E-state index contributed by atoms with van der Waals surface area (Å²) < 4.78 is 5.35. The lowest BCUT2D eigenvalue weighted by molar-refractivity contribution is -0.138. The standard InChI is InChI=1S/C19H22N2O4/c1-12(2)16(20)17(22)25-15-11-7-6-10-14(15)19(24,18(21)23)13-8-4-3-5-9-13/h3-12,16,24H,20H2,1-2H3,(H2,21,23)/t16-,19?/m0/s1. The van der Waals surface area contributed by atoms with Crippen molar-refractivity contribution in [3.05, 3.63) is 65.7 Å². The SMILES string of the molecule is CC(C)[C@H](N)C(=O)Oc1ccccc1C(O)(C(N)=O)c1ccccc1. The molecule has 0 saturated carbocycles. The number of amides is 1. The summed E-state index contributed by atoms with van der Waals surface area (Å²) in [6.07, 6.45) is 0. The minimum absolute atomic E-state index is 0.0359. The normalized spacial score (nSPS) is 14.6. The molecule has 2 atom stereocenters. The number of ether oxygens (including phenoxy) is 1. The number of esters is 1. The van der Waals surface area contributed by atoms with Crippen LogP contribution in [0.3, 0.4) is 0 Å². The van der Waals surface area contributed by atoms with Crippen LogP contribution in [0.15, 0.2) is 54.6 Å². The second kappa shape index (κ2) is 7.46. The molecule has 132 valence electrons. The van der Waals surface area contributed by atoms with E-state index in [1.165, 1.54) is 12.1 Å². The molecule has 0 aromatic heterocycles. The van der Waals surface area contributed by atoms with Crippen molar-refractivity contribution in [2.75, 3.05) is 0 Å². The summed E-state index contributed by atoms with van der Waals surface area (Å²) >= 11 is 0. The van der Waals surface area contributed by atoms with Crippen LogP contribution < -0.4 is 16.2 Å². The van der Waals surface area contributed by atoms with Gasteiger partial charge < -0.3 is 21.3 Å². The predicted molar refractivity (Wildman–Crippen MR) is 93.5 cm³/mol. The quantitative estimate of drug-likeness (QED) is 0.540. The van der Waals surface area contributed by atoms with Crippen molar-refractivity contribution >= 4 is 11.9 Å². The second-order valence-electron chi connectivity index (χ2n) is 6.13. The van der Waals surface area contributed by atoms with Gasteiger partial charge in [0.1, 0.15) is 11.8 Å². The largest absolute Gasteiger partial charge is 0.425 e. The fourth-order valence-corrected chi connectivity index (χ4v) is 2.41. The lowest BCUT2D eigenvalue weighted by Crippen LogP contribution is -2.43. The zero-order valence-electron chi connectivity index (χ0n) is 14.2. The highest BCUT2D eigenvalue weighted by molar-refractivity contribution is 5.90. The van der Waals surface area contributed by atoms with Gasteiger partial charge in [0.05, 0.1) is 0 Å². The molecule has 6 nitrogen and oxygen atoms in total. The number of carbonyl (C=O) groups is 2. The zero-order chi connectivity index (χ0) is 18.6. The van der Waals surface area contributed by atoms with E-state index in [1.807, 2.05) is 0 Å². The number of carbonyl (C=O) groups excluding carboxylic acids is 2. The number of hydrogen-bond donors (Lipinski definition) is 3. The first-order valence-electron chi connectivity index (χ1n) is 7.93. The molecule has 25 heavy (non-hydrogen) atoms. The molecular weight excluding hydrogens is 320 g/mol. The minimum atomic E-state index is -2.14. The van der Waals surface area contributed by atoms with E-state index in [-0.39, 0.29) is 22.8 Å². The first kappa shape index (κ1) is 18.6. The number of benzene rings is 2. The Balaban J connectivity index is 2.51. The third-order valence-corrected chi connectivity index (χ3v) is 4.03. The van der Waals surface area contributed by atoms with Crippen molar-refractivity contribution < 1.29 is 19.4 Å². The van der Waals surface area contributed by atoms with Crippen molar-refractivity contribution in [2.24, 2.45) is 17.4 Å². The molecule has 2 aromatic carbocycles. The van der Waals surface area contributed by atoms with Gasteiger partial charge in [0, 0.05) is 5.56 Å². The maximum atomic E-state index is 12.2. The highest BCUT2D eigenvalue weighted by Crippen LogP contribution is 2.35. The van der Waals surface area contributed by atoms with Crippen molar-refractivity contribution in [2.45, 2.75) is 25.5 Å². The van der Waals surface area contributed by atoms with Gasteiger partial charge >= 0.3 is 5.97 Å². The molecular formula is C19H22N2O4. The first-order valence-corrected chi connectivity index (χ1v) is 7.93. The molecule has 6 heteroatoms.